The van der Waals surface area contributed by atoms with E-state index in [0.29, 0.717) is 0 Å². The van der Waals surface area contributed by atoms with Gasteiger partial charge in [0.2, 0.25) is 0 Å². The second-order valence-electron chi connectivity index (χ2n) is 8.23. The number of rotatable bonds is 15. The molecule has 0 radical (unpaired) electrons. The van der Waals surface area contributed by atoms with Crippen LogP contribution in [0, 0.1) is 0 Å². The lowest BCUT2D eigenvalue weighted by molar-refractivity contribution is 0.402. The number of hydrogen-bond donors (Lipinski definition) is 1. The summed E-state index contributed by atoms with van der Waals surface area (Å²) >= 11 is 0. The Bertz CT molecular complexity index is 874. The third-order valence-electron chi connectivity index (χ3n) is 5.83. The maximum absolute atomic E-state index is 11.7. The maximum Gasteiger partial charge on any atom is 0.298 e. The van der Waals surface area contributed by atoms with E-state index in [0.717, 1.165) is 29.2 Å². The van der Waals surface area contributed by atoms with Crippen molar-refractivity contribution in [3.63, 3.8) is 0 Å². The smallest absolute Gasteiger partial charge is 0.298 e. The molecule has 4 nitrogen and oxygen atoms in total. The lowest BCUT2D eigenvalue weighted by Gasteiger charge is -2.13. The summed E-state index contributed by atoms with van der Waals surface area (Å²) in [5, 5.41) is 1.72. The molecule has 2 aromatic rings. The first kappa shape index (κ1) is 24.7. The van der Waals surface area contributed by atoms with Crippen molar-refractivity contribution < 1.29 is 17.7 Å². The van der Waals surface area contributed by atoms with Crippen LogP contribution in [0.4, 0.5) is 0 Å². The Hall–Kier alpha value is -1.59. The van der Waals surface area contributed by atoms with Gasteiger partial charge in [-0.1, -0.05) is 102 Å². The number of unbranched alkanes of at least 4 members (excludes halogenated alkanes) is 11. The Morgan fingerprint density at radius 2 is 1.37 bits per heavy atom. The average molecular weight is 435 g/mol. The van der Waals surface area contributed by atoms with Crippen LogP contribution < -0.4 is 4.74 Å². The molecular weight excluding hydrogens is 396 g/mol. The number of hydrogen-bond acceptors (Lipinski definition) is 3. The van der Waals surface area contributed by atoms with Gasteiger partial charge < -0.3 is 4.74 Å². The lowest BCUT2D eigenvalue weighted by Crippen LogP contribution is -2.03. The minimum Gasteiger partial charge on any atom is -0.495 e. The Labute approximate surface area is 182 Å². The summed E-state index contributed by atoms with van der Waals surface area (Å²) < 4.78 is 38.4. The average Bonchev–Trinajstić information content (AvgIpc) is 2.73. The van der Waals surface area contributed by atoms with Gasteiger partial charge in [-0.15, -0.1) is 0 Å². The number of aryl methyl sites for hydroxylation is 1. The number of benzene rings is 2. The summed E-state index contributed by atoms with van der Waals surface area (Å²) in [6.07, 6.45) is 16.6. The molecule has 30 heavy (non-hydrogen) atoms. The van der Waals surface area contributed by atoms with Crippen molar-refractivity contribution >= 4 is 20.9 Å². The van der Waals surface area contributed by atoms with Crippen LogP contribution in [0.25, 0.3) is 10.8 Å². The van der Waals surface area contributed by atoms with Crippen LogP contribution in [0.3, 0.4) is 0 Å². The van der Waals surface area contributed by atoms with Gasteiger partial charge in [-0.25, -0.2) is 0 Å². The van der Waals surface area contributed by atoms with E-state index in [1.54, 1.807) is 6.07 Å². The van der Waals surface area contributed by atoms with Gasteiger partial charge in [-0.2, -0.15) is 8.42 Å². The van der Waals surface area contributed by atoms with Crippen molar-refractivity contribution in [2.24, 2.45) is 0 Å². The maximum atomic E-state index is 11.7. The van der Waals surface area contributed by atoms with Crippen LogP contribution in [0.15, 0.2) is 35.2 Å². The molecule has 0 unspecified atom stereocenters. The van der Waals surface area contributed by atoms with Crippen LogP contribution in [0.1, 0.15) is 89.5 Å². The second kappa shape index (κ2) is 13.0. The molecule has 0 fully saturated rings. The Kier molecular flexibility index (Phi) is 10.7. The Balaban J connectivity index is 1.81. The van der Waals surface area contributed by atoms with E-state index >= 15 is 0 Å². The van der Waals surface area contributed by atoms with Gasteiger partial charge in [0.25, 0.3) is 10.1 Å². The monoisotopic (exact) mass is 434 g/mol. The minimum absolute atomic E-state index is 0.167. The summed E-state index contributed by atoms with van der Waals surface area (Å²) in [4.78, 5) is -0.167. The predicted molar refractivity (Wildman–Crippen MR) is 125 cm³/mol. The summed E-state index contributed by atoms with van der Waals surface area (Å²) in [5.41, 5.74) is 1.07. The molecule has 0 saturated carbocycles. The van der Waals surface area contributed by atoms with E-state index in [2.05, 4.69) is 6.92 Å². The van der Waals surface area contributed by atoms with Crippen molar-refractivity contribution in [3.05, 3.63) is 35.9 Å². The van der Waals surface area contributed by atoms with Crippen LogP contribution in [-0.4, -0.2) is 20.1 Å². The zero-order valence-electron chi connectivity index (χ0n) is 18.7. The van der Waals surface area contributed by atoms with Crippen molar-refractivity contribution in [3.8, 4) is 5.75 Å². The quantitative estimate of drug-likeness (QED) is 0.235. The highest BCUT2D eigenvalue weighted by molar-refractivity contribution is 7.86. The fourth-order valence-electron chi connectivity index (χ4n) is 4.17. The van der Waals surface area contributed by atoms with Gasteiger partial charge in [-0.05, 0) is 29.9 Å². The zero-order valence-corrected chi connectivity index (χ0v) is 19.5. The molecule has 2 rings (SSSR count). The van der Waals surface area contributed by atoms with Crippen molar-refractivity contribution in [2.75, 3.05) is 7.11 Å². The third kappa shape index (κ3) is 7.59. The zero-order chi connectivity index (χ0) is 21.8. The molecule has 0 bridgehead atoms. The lowest BCUT2D eigenvalue weighted by atomic mass is 9.98. The third-order valence-corrected chi connectivity index (χ3v) is 6.71. The van der Waals surface area contributed by atoms with Crippen molar-refractivity contribution in [1.29, 1.82) is 0 Å². The summed E-state index contributed by atoms with van der Waals surface area (Å²) in [6.45, 7) is 2.26. The molecule has 0 aromatic heterocycles. The summed E-state index contributed by atoms with van der Waals surface area (Å²) in [5.74, 6) is 0.240. The van der Waals surface area contributed by atoms with Gasteiger partial charge in [0.1, 0.15) is 10.6 Å². The SMILES string of the molecule is CCCCCCCCCCCCCCc1cccc2ccc(S(=O)(=O)O)c(OC)c12. The first-order valence-corrected chi connectivity index (χ1v) is 13.0. The fourth-order valence-corrected chi connectivity index (χ4v) is 4.83. The number of methoxy groups -OCH3 is 1. The minimum atomic E-state index is -4.33. The first-order valence-electron chi connectivity index (χ1n) is 11.5. The molecule has 0 saturated heterocycles. The number of fused-ring (bicyclic) bond motifs is 1. The normalized spacial score (nSPS) is 11.8. The van der Waals surface area contributed by atoms with E-state index < -0.39 is 10.1 Å². The molecular formula is C25H38O4S. The van der Waals surface area contributed by atoms with Crippen LogP contribution in [0.2, 0.25) is 0 Å². The highest BCUT2D eigenvalue weighted by atomic mass is 32.2. The van der Waals surface area contributed by atoms with E-state index in [9.17, 15) is 13.0 Å². The molecule has 0 aliphatic rings. The number of ether oxygens (including phenoxy) is 1. The van der Waals surface area contributed by atoms with E-state index in [1.807, 2.05) is 18.2 Å². The predicted octanol–water partition coefficient (Wildman–Crippen LogP) is 7.34. The molecule has 168 valence electrons. The second-order valence-corrected chi connectivity index (χ2v) is 9.62. The van der Waals surface area contributed by atoms with E-state index in [1.165, 1.54) is 83.8 Å². The van der Waals surface area contributed by atoms with E-state index in [4.69, 9.17) is 4.74 Å². The van der Waals surface area contributed by atoms with Gasteiger partial charge in [0, 0.05) is 5.39 Å². The molecule has 5 heteroatoms. The summed E-state index contributed by atoms with van der Waals surface area (Å²) in [7, 11) is -2.88. The summed E-state index contributed by atoms with van der Waals surface area (Å²) in [6, 6.07) is 9.09. The fraction of sp³-hybridized carbons (Fsp3) is 0.600. The van der Waals surface area contributed by atoms with Crippen LogP contribution >= 0.6 is 0 Å². The van der Waals surface area contributed by atoms with Gasteiger partial charge in [0.15, 0.2) is 0 Å². The molecule has 1 N–H and O–H groups in total. The van der Waals surface area contributed by atoms with Gasteiger partial charge >= 0.3 is 0 Å². The largest absolute Gasteiger partial charge is 0.495 e. The molecule has 0 aliphatic carbocycles. The van der Waals surface area contributed by atoms with Crippen molar-refractivity contribution in [1.82, 2.24) is 0 Å². The highest BCUT2D eigenvalue weighted by Crippen LogP contribution is 2.35. The van der Waals surface area contributed by atoms with Gasteiger partial charge in [-0.3, -0.25) is 4.55 Å². The first-order chi connectivity index (χ1) is 14.5. The highest BCUT2D eigenvalue weighted by Gasteiger charge is 2.20. The Morgan fingerprint density at radius 1 is 0.800 bits per heavy atom. The van der Waals surface area contributed by atoms with Gasteiger partial charge in [0.05, 0.1) is 7.11 Å². The molecule has 0 aliphatic heterocycles. The molecule has 0 spiro atoms. The van der Waals surface area contributed by atoms with E-state index in [-0.39, 0.29) is 10.6 Å². The topological polar surface area (TPSA) is 63.6 Å². The van der Waals surface area contributed by atoms with Crippen LogP contribution in [0.5, 0.6) is 5.75 Å². The standard InChI is InChI=1S/C25H38O4S/c1-3-4-5-6-7-8-9-10-11-12-13-14-16-21-17-15-18-22-19-20-23(30(26,27)28)25(29-2)24(21)22/h15,17-20H,3-14,16H2,1-2H3,(H,26,27,28). The molecule has 2 aromatic carbocycles. The molecule has 0 atom stereocenters. The molecule has 0 heterocycles. The Morgan fingerprint density at radius 3 is 1.90 bits per heavy atom. The van der Waals surface area contributed by atoms with Crippen molar-refractivity contribution in [2.45, 2.75) is 95.3 Å². The molecule has 0 amide bonds. The van der Waals surface area contributed by atoms with Crippen LogP contribution in [-0.2, 0) is 16.5 Å².